The van der Waals surface area contributed by atoms with Gasteiger partial charge in [-0.05, 0) is 13.8 Å². The molecule has 1 amide bonds. The third-order valence-corrected chi connectivity index (χ3v) is 2.96. The van der Waals surface area contributed by atoms with Crippen molar-refractivity contribution in [2.45, 2.75) is 32.9 Å². The SMILES string of the molecule is CC(N)C(C)C(=O)N1CCNC[C@@H]1C.Cl. The maximum Gasteiger partial charge on any atom is 0.227 e. The molecule has 0 aliphatic carbocycles. The summed E-state index contributed by atoms with van der Waals surface area (Å²) < 4.78 is 0. The fourth-order valence-corrected chi connectivity index (χ4v) is 1.65. The van der Waals surface area contributed by atoms with Gasteiger partial charge in [0.15, 0.2) is 0 Å². The topological polar surface area (TPSA) is 58.4 Å². The molecule has 15 heavy (non-hydrogen) atoms. The van der Waals surface area contributed by atoms with Crippen LogP contribution in [0.15, 0.2) is 0 Å². The molecule has 3 atom stereocenters. The number of rotatable bonds is 2. The van der Waals surface area contributed by atoms with Crippen LogP contribution in [0.5, 0.6) is 0 Å². The van der Waals surface area contributed by atoms with Gasteiger partial charge in [0.25, 0.3) is 0 Å². The maximum atomic E-state index is 12.0. The molecule has 1 heterocycles. The number of carbonyl (C=O) groups is 1. The molecule has 0 saturated carbocycles. The van der Waals surface area contributed by atoms with Gasteiger partial charge in [-0.2, -0.15) is 0 Å². The number of nitrogens with two attached hydrogens (primary N) is 1. The molecule has 0 radical (unpaired) electrons. The first-order valence-electron chi connectivity index (χ1n) is 5.30. The molecule has 5 heteroatoms. The lowest BCUT2D eigenvalue weighted by Crippen LogP contribution is -2.55. The number of nitrogens with zero attached hydrogens (tertiary/aromatic N) is 1. The van der Waals surface area contributed by atoms with E-state index in [1.165, 1.54) is 0 Å². The fraction of sp³-hybridized carbons (Fsp3) is 0.900. The Hall–Kier alpha value is -0.320. The van der Waals surface area contributed by atoms with Crippen LogP contribution in [0.3, 0.4) is 0 Å². The summed E-state index contributed by atoms with van der Waals surface area (Å²) in [5.74, 6) is 0.115. The largest absolute Gasteiger partial charge is 0.337 e. The van der Waals surface area contributed by atoms with E-state index in [-0.39, 0.29) is 36.3 Å². The molecule has 1 rings (SSSR count). The molecule has 1 fully saturated rings. The second-order valence-electron chi connectivity index (χ2n) is 4.23. The van der Waals surface area contributed by atoms with Crippen LogP contribution in [0.25, 0.3) is 0 Å². The average molecular weight is 236 g/mol. The number of piperazine rings is 1. The quantitative estimate of drug-likeness (QED) is 0.720. The standard InChI is InChI=1S/C10H21N3O.ClH/c1-7-6-12-4-5-13(7)10(14)8(2)9(3)11;/h7-9,12H,4-6,11H2,1-3H3;1H/t7-,8?,9?;/m0./s1. The Balaban J connectivity index is 0.00000196. The summed E-state index contributed by atoms with van der Waals surface area (Å²) in [7, 11) is 0. The van der Waals surface area contributed by atoms with Gasteiger partial charge in [0.1, 0.15) is 0 Å². The molecular weight excluding hydrogens is 214 g/mol. The zero-order valence-corrected chi connectivity index (χ0v) is 10.5. The number of amides is 1. The number of hydrogen-bond acceptors (Lipinski definition) is 3. The van der Waals surface area contributed by atoms with Gasteiger partial charge in [-0.3, -0.25) is 4.79 Å². The predicted octanol–water partition coefficient (Wildman–Crippen LogP) is 0.212. The van der Waals surface area contributed by atoms with Gasteiger partial charge >= 0.3 is 0 Å². The summed E-state index contributed by atoms with van der Waals surface area (Å²) in [4.78, 5) is 13.9. The normalized spacial score (nSPS) is 25.3. The second kappa shape index (κ2) is 6.30. The van der Waals surface area contributed by atoms with Crippen molar-refractivity contribution in [1.29, 1.82) is 0 Å². The first-order chi connectivity index (χ1) is 6.54. The Labute approximate surface area is 98.0 Å². The minimum atomic E-state index is -0.0736. The van der Waals surface area contributed by atoms with Crippen LogP contribution in [0.2, 0.25) is 0 Å². The molecule has 2 unspecified atom stereocenters. The molecule has 0 aromatic carbocycles. The first kappa shape index (κ1) is 14.7. The van der Waals surface area contributed by atoms with Crippen molar-refractivity contribution in [3.05, 3.63) is 0 Å². The molecule has 0 aromatic heterocycles. The number of carbonyl (C=O) groups excluding carboxylic acids is 1. The van der Waals surface area contributed by atoms with Gasteiger partial charge in [-0.25, -0.2) is 0 Å². The Kier molecular flexibility index (Phi) is 6.17. The minimum absolute atomic E-state index is 0. The molecule has 0 spiro atoms. The Morgan fingerprint density at radius 1 is 1.53 bits per heavy atom. The van der Waals surface area contributed by atoms with Crippen LogP contribution in [0.1, 0.15) is 20.8 Å². The zero-order valence-electron chi connectivity index (χ0n) is 9.69. The number of halogens is 1. The van der Waals surface area contributed by atoms with Crippen molar-refractivity contribution in [1.82, 2.24) is 10.2 Å². The zero-order chi connectivity index (χ0) is 10.7. The molecule has 4 nitrogen and oxygen atoms in total. The summed E-state index contributed by atoms with van der Waals surface area (Å²) in [6.45, 7) is 8.44. The van der Waals surface area contributed by atoms with E-state index in [9.17, 15) is 4.79 Å². The van der Waals surface area contributed by atoms with E-state index < -0.39 is 0 Å². The van der Waals surface area contributed by atoms with Gasteiger partial charge in [0.05, 0.1) is 5.92 Å². The van der Waals surface area contributed by atoms with Gasteiger partial charge in [0.2, 0.25) is 5.91 Å². The Morgan fingerprint density at radius 2 is 2.13 bits per heavy atom. The highest BCUT2D eigenvalue weighted by molar-refractivity contribution is 5.85. The van der Waals surface area contributed by atoms with E-state index in [2.05, 4.69) is 12.2 Å². The Morgan fingerprint density at radius 3 is 2.60 bits per heavy atom. The lowest BCUT2D eigenvalue weighted by Gasteiger charge is -2.36. The average Bonchev–Trinajstić information content (AvgIpc) is 2.16. The number of nitrogens with one attached hydrogen (secondary N) is 1. The molecular formula is C10H22ClN3O. The number of hydrogen-bond donors (Lipinski definition) is 2. The van der Waals surface area contributed by atoms with Crippen molar-refractivity contribution in [3.8, 4) is 0 Å². The van der Waals surface area contributed by atoms with Crippen molar-refractivity contribution < 1.29 is 4.79 Å². The van der Waals surface area contributed by atoms with Crippen LogP contribution >= 0.6 is 12.4 Å². The smallest absolute Gasteiger partial charge is 0.227 e. The highest BCUT2D eigenvalue weighted by Gasteiger charge is 2.28. The van der Waals surface area contributed by atoms with Crippen LogP contribution in [0, 0.1) is 5.92 Å². The van der Waals surface area contributed by atoms with Crippen molar-refractivity contribution in [2.75, 3.05) is 19.6 Å². The Bertz CT molecular complexity index is 211. The van der Waals surface area contributed by atoms with Crippen molar-refractivity contribution in [2.24, 2.45) is 11.7 Å². The summed E-state index contributed by atoms with van der Waals surface area (Å²) in [5, 5.41) is 3.26. The van der Waals surface area contributed by atoms with Crippen LogP contribution in [-0.2, 0) is 4.79 Å². The molecule has 1 aliphatic rings. The van der Waals surface area contributed by atoms with Crippen molar-refractivity contribution in [3.63, 3.8) is 0 Å². The molecule has 0 bridgehead atoms. The molecule has 1 saturated heterocycles. The monoisotopic (exact) mass is 235 g/mol. The molecule has 3 N–H and O–H groups in total. The van der Waals surface area contributed by atoms with Crippen molar-refractivity contribution >= 4 is 18.3 Å². The minimum Gasteiger partial charge on any atom is -0.337 e. The lowest BCUT2D eigenvalue weighted by atomic mass is 10.0. The third-order valence-electron chi connectivity index (χ3n) is 2.96. The van der Waals surface area contributed by atoms with Gasteiger partial charge in [-0.1, -0.05) is 6.92 Å². The predicted molar refractivity (Wildman–Crippen MR) is 64.1 cm³/mol. The molecule has 1 aliphatic heterocycles. The first-order valence-corrected chi connectivity index (χ1v) is 5.30. The van der Waals surface area contributed by atoms with Gasteiger partial charge in [-0.15, -0.1) is 12.4 Å². The highest BCUT2D eigenvalue weighted by atomic mass is 35.5. The van der Waals surface area contributed by atoms with E-state index in [4.69, 9.17) is 5.73 Å². The summed E-state index contributed by atoms with van der Waals surface area (Å²) in [6, 6.07) is 0.224. The third kappa shape index (κ3) is 3.63. The van der Waals surface area contributed by atoms with E-state index >= 15 is 0 Å². The van der Waals surface area contributed by atoms with E-state index in [0.717, 1.165) is 19.6 Å². The van der Waals surface area contributed by atoms with Crippen LogP contribution in [0.4, 0.5) is 0 Å². The molecule has 0 aromatic rings. The van der Waals surface area contributed by atoms with E-state index in [0.29, 0.717) is 0 Å². The lowest BCUT2D eigenvalue weighted by molar-refractivity contribution is -0.138. The van der Waals surface area contributed by atoms with Gasteiger partial charge < -0.3 is 16.0 Å². The fourth-order valence-electron chi connectivity index (χ4n) is 1.65. The highest BCUT2D eigenvalue weighted by Crippen LogP contribution is 2.10. The summed E-state index contributed by atoms with van der Waals surface area (Å²) in [6.07, 6.45) is 0. The van der Waals surface area contributed by atoms with Crippen LogP contribution in [-0.4, -0.2) is 42.5 Å². The second-order valence-corrected chi connectivity index (χ2v) is 4.23. The molecule has 90 valence electrons. The summed E-state index contributed by atoms with van der Waals surface area (Å²) in [5.41, 5.74) is 5.73. The van der Waals surface area contributed by atoms with E-state index in [1.807, 2.05) is 18.7 Å². The van der Waals surface area contributed by atoms with E-state index in [1.54, 1.807) is 0 Å². The summed E-state index contributed by atoms with van der Waals surface area (Å²) >= 11 is 0. The van der Waals surface area contributed by atoms with Gasteiger partial charge in [0, 0.05) is 31.7 Å². The van der Waals surface area contributed by atoms with Crippen LogP contribution < -0.4 is 11.1 Å². The maximum absolute atomic E-state index is 12.0.